The van der Waals surface area contributed by atoms with Gasteiger partial charge in [0.1, 0.15) is 5.75 Å². The molecule has 2 N–H and O–H groups in total. The number of benzene rings is 1. The monoisotopic (exact) mass is 332 g/mol. The van der Waals surface area contributed by atoms with Gasteiger partial charge in [0, 0.05) is 19.1 Å². The van der Waals surface area contributed by atoms with Crippen LogP contribution >= 0.6 is 0 Å². The number of amides is 2. The van der Waals surface area contributed by atoms with Crippen LogP contribution in [-0.4, -0.2) is 48.2 Å². The van der Waals surface area contributed by atoms with Gasteiger partial charge in [-0.2, -0.15) is 0 Å². The number of carboxylic acids is 1. The molecule has 6 nitrogen and oxygen atoms in total. The molecule has 1 unspecified atom stereocenters. The van der Waals surface area contributed by atoms with Gasteiger partial charge in [0.25, 0.3) is 0 Å². The SMILES string of the molecule is COc1cccc(C2CC(NC(=O)N3CCC(C)(C(=O)O)C3)C2)c1. The molecule has 1 saturated carbocycles. The molecular weight excluding hydrogens is 308 g/mol. The van der Waals surface area contributed by atoms with Gasteiger partial charge >= 0.3 is 12.0 Å². The van der Waals surface area contributed by atoms with Crippen molar-refractivity contribution >= 4 is 12.0 Å². The minimum absolute atomic E-state index is 0.144. The summed E-state index contributed by atoms with van der Waals surface area (Å²) in [4.78, 5) is 25.2. The molecule has 24 heavy (non-hydrogen) atoms. The number of urea groups is 1. The molecule has 0 bridgehead atoms. The van der Waals surface area contributed by atoms with Crippen molar-refractivity contribution in [2.45, 2.75) is 38.1 Å². The van der Waals surface area contributed by atoms with Crippen molar-refractivity contribution < 1.29 is 19.4 Å². The van der Waals surface area contributed by atoms with Gasteiger partial charge in [-0.15, -0.1) is 0 Å². The number of nitrogens with one attached hydrogen (secondary N) is 1. The molecule has 2 amide bonds. The first-order chi connectivity index (χ1) is 11.4. The zero-order valence-corrected chi connectivity index (χ0v) is 14.1. The van der Waals surface area contributed by atoms with Crippen molar-refractivity contribution in [1.82, 2.24) is 10.2 Å². The van der Waals surface area contributed by atoms with Crippen molar-refractivity contribution in [2.75, 3.05) is 20.2 Å². The van der Waals surface area contributed by atoms with Crippen LogP contribution < -0.4 is 10.1 Å². The Hall–Kier alpha value is -2.24. The van der Waals surface area contributed by atoms with Crippen LogP contribution in [0.2, 0.25) is 0 Å². The number of carbonyl (C=O) groups excluding carboxylic acids is 1. The Kier molecular flexibility index (Phi) is 4.39. The second kappa shape index (κ2) is 6.34. The highest BCUT2D eigenvalue weighted by Crippen LogP contribution is 2.38. The summed E-state index contributed by atoms with van der Waals surface area (Å²) < 4.78 is 5.25. The maximum atomic E-state index is 12.3. The fourth-order valence-electron chi connectivity index (χ4n) is 3.48. The number of rotatable bonds is 4. The van der Waals surface area contributed by atoms with Crippen LogP contribution in [0, 0.1) is 5.41 Å². The highest BCUT2D eigenvalue weighted by atomic mass is 16.5. The third-order valence-electron chi connectivity index (χ3n) is 5.31. The number of hydrogen-bond acceptors (Lipinski definition) is 3. The average molecular weight is 332 g/mol. The largest absolute Gasteiger partial charge is 0.497 e. The molecule has 130 valence electrons. The highest BCUT2D eigenvalue weighted by molar-refractivity contribution is 5.79. The maximum Gasteiger partial charge on any atom is 0.317 e. The molecule has 3 rings (SSSR count). The lowest BCUT2D eigenvalue weighted by Gasteiger charge is -2.37. The van der Waals surface area contributed by atoms with Crippen molar-refractivity contribution in [3.05, 3.63) is 29.8 Å². The fraction of sp³-hybridized carbons (Fsp3) is 0.556. The number of hydrogen-bond donors (Lipinski definition) is 2. The second-order valence-electron chi connectivity index (χ2n) is 7.13. The number of methoxy groups -OCH3 is 1. The standard InChI is InChI=1S/C18H24N2O4/c1-18(16(21)22)6-7-20(11-18)17(23)19-14-8-13(9-14)12-4-3-5-15(10-12)24-2/h3-5,10,13-14H,6-9,11H2,1-2H3,(H,19,23)(H,21,22). The summed E-state index contributed by atoms with van der Waals surface area (Å²) in [5.74, 6) is 0.456. The van der Waals surface area contributed by atoms with Gasteiger partial charge < -0.3 is 20.1 Å². The molecule has 0 radical (unpaired) electrons. The van der Waals surface area contributed by atoms with E-state index in [2.05, 4.69) is 11.4 Å². The van der Waals surface area contributed by atoms with Gasteiger partial charge in [-0.25, -0.2) is 4.79 Å². The minimum Gasteiger partial charge on any atom is -0.497 e. The quantitative estimate of drug-likeness (QED) is 0.888. The third-order valence-corrected chi connectivity index (χ3v) is 5.31. The summed E-state index contributed by atoms with van der Waals surface area (Å²) in [6.45, 7) is 2.48. The van der Waals surface area contributed by atoms with Crippen LogP contribution in [0.3, 0.4) is 0 Å². The topological polar surface area (TPSA) is 78.9 Å². The van der Waals surface area contributed by atoms with Crippen LogP contribution in [0.25, 0.3) is 0 Å². The Morgan fingerprint density at radius 1 is 1.38 bits per heavy atom. The van der Waals surface area contributed by atoms with E-state index < -0.39 is 11.4 Å². The van der Waals surface area contributed by atoms with E-state index in [1.165, 1.54) is 5.56 Å². The second-order valence-corrected chi connectivity index (χ2v) is 7.13. The van der Waals surface area contributed by atoms with E-state index in [1.807, 2.05) is 18.2 Å². The average Bonchev–Trinajstić information content (AvgIpc) is 2.94. The summed E-state index contributed by atoms with van der Waals surface area (Å²) in [6, 6.07) is 8.05. The van der Waals surface area contributed by atoms with Crippen LogP contribution in [0.1, 0.15) is 37.7 Å². The first kappa shape index (κ1) is 16.6. The van der Waals surface area contributed by atoms with Crippen molar-refractivity contribution in [2.24, 2.45) is 5.41 Å². The van der Waals surface area contributed by atoms with Gasteiger partial charge in [-0.1, -0.05) is 12.1 Å². The Morgan fingerprint density at radius 2 is 2.12 bits per heavy atom. The summed E-state index contributed by atoms with van der Waals surface area (Å²) >= 11 is 0. The van der Waals surface area contributed by atoms with Crippen molar-refractivity contribution in [1.29, 1.82) is 0 Å². The van der Waals surface area contributed by atoms with E-state index in [1.54, 1.807) is 18.9 Å². The number of likely N-dealkylation sites (tertiary alicyclic amines) is 1. The molecule has 0 spiro atoms. The van der Waals surface area contributed by atoms with Crippen LogP contribution in [0.5, 0.6) is 5.75 Å². The maximum absolute atomic E-state index is 12.3. The van der Waals surface area contributed by atoms with E-state index in [4.69, 9.17) is 4.74 Å². The fourth-order valence-corrected chi connectivity index (χ4v) is 3.48. The highest BCUT2D eigenvalue weighted by Gasteiger charge is 2.43. The van der Waals surface area contributed by atoms with Crippen LogP contribution in [0.15, 0.2) is 24.3 Å². The molecule has 1 aliphatic heterocycles. The molecule has 1 atom stereocenters. The Bertz CT molecular complexity index is 642. The lowest BCUT2D eigenvalue weighted by atomic mass is 9.76. The lowest BCUT2D eigenvalue weighted by Crippen LogP contribution is -2.49. The van der Waals surface area contributed by atoms with E-state index >= 15 is 0 Å². The normalized spacial score (nSPS) is 29.0. The molecule has 6 heteroatoms. The molecule has 1 heterocycles. The smallest absolute Gasteiger partial charge is 0.317 e. The Balaban J connectivity index is 1.49. The number of carboxylic acid groups (broad SMARTS) is 1. The molecular formula is C18H24N2O4. The Labute approximate surface area is 141 Å². The predicted octanol–water partition coefficient (Wildman–Crippen LogP) is 2.45. The molecule has 2 fully saturated rings. The van der Waals surface area contributed by atoms with Gasteiger partial charge in [-0.05, 0) is 49.8 Å². The van der Waals surface area contributed by atoms with E-state index in [-0.39, 0.29) is 18.6 Å². The lowest BCUT2D eigenvalue weighted by molar-refractivity contribution is -0.147. The predicted molar refractivity (Wildman–Crippen MR) is 89.2 cm³/mol. The number of ether oxygens (including phenoxy) is 1. The summed E-state index contributed by atoms with van der Waals surface area (Å²) in [7, 11) is 1.66. The first-order valence-corrected chi connectivity index (χ1v) is 8.34. The first-order valence-electron chi connectivity index (χ1n) is 8.34. The number of aliphatic carboxylic acids is 1. The summed E-state index contributed by atoms with van der Waals surface area (Å²) in [5.41, 5.74) is 0.416. The van der Waals surface area contributed by atoms with Crippen LogP contribution in [0.4, 0.5) is 4.79 Å². The van der Waals surface area contributed by atoms with Gasteiger partial charge in [0.2, 0.25) is 0 Å². The van der Waals surface area contributed by atoms with E-state index in [9.17, 15) is 14.7 Å². The van der Waals surface area contributed by atoms with E-state index in [0.717, 1.165) is 18.6 Å². The van der Waals surface area contributed by atoms with E-state index in [0.29, 0.717) is 18.9 Å². The third kappa shape index (κ3) is 3.18. The number of nitrogens with zero attached hydrogens (tertiary/aromatic N) is 1. The summed E-state index contributed by atoms with van der Waals surface area (Å²) in [5, 5.41) is 12.3. The molecule has 0 aromatic heterocycles. The minimum atomic E-state index is -0.834. The van der Waals surface area contributed by atoms with Crippen LogP contribution in [-0.2, 0) is 4.79 Å². The molecule has 1 aliphatic carbocycles. The summed E-state index contributed by atoms with van der Waals surface area (Å²) in [6.07, 6.45) is 2.32. The Morgan fingerprint density at radius 3 is 2.75 bits per heavy atom. The van der Waals surface area contributed by atoms with Gasteiger partial charge in [0.15, 0.2) is 0 Å². The van der Waals surface area contributed by atoms with Crippen molar-refractivity contribution in [3.8, 4) is 5.75 Å². The van der Waals surface area contributed by atoms with Gasteiger partial charge in [-0.3, -0.25) is 4.79 Å². The van der Waals surface area contributed by atoms with Gasteiger partial charge in [0.05, 0.1) is 12.5 Å². The zero-order chi connectivity index (χ0) is 17.3. The molecule has 1 aromatic rings. The number of carbonyl (C=O) groups is 2. The molecule has 1 saturated heterocycles. The zero-order valence-electron chi connectivity index (χ0n) is 14.1. The van der Waals surface area contributed by atoms with Crippen molar-refractivity contribution in [3.63, 3.8) is 0 Å². The molecule has 2 aliphatic rings. The molecule has 1 aromatic carbocycles.